The number of aromatic nitrogens is 2. The van der Waals surface area contributed by atoms with Gasteiger partial charge in [0.25, 0.3) is 0 Å². The first-order valence-electron chi connectivity index (χ1n) is 8.09. The summed E-state index contributed by atoms with van der Waals surface area (Å²) in [6.07, 6.45) is 15.6. The van der Waals surface area contributed by atoms with Gasteiger partial charge in [-0.1, -0.05) is 64.7 Å². The fraction of sp³-hybridized carbons (Fsp3) is 0.812. The number of unbranched alkanes of at least 4 members (excludes halogenated alkanes) is 9. The van der Waals surface area contributed by atoms with E-state index in [1.807, 2.05) is 16.9 Å². The highest BCUT2D eigenvalue weighted by atomic mass is 15.3. The average Bonchev–Trinajstić information content (AvgIpc) is 2.88. The lowest BCUT2D eigenvalue weighted by Gasteiger charge is -2.06. The Bertz CT molecular complexity index is 307. The summed E-state index contributed by atoms with van der Waals surface area (Å²) in [6.45, 7) is 3.89. The van der Waals surface area contributed by atoms with Gasteiger partial charge in [-0.3, -0.25) is 4.68 Å². The predicted molar refractivity (Wildman–Crippen MR) is 82.0 cm³/mol. The van der Waals surface area contributed by atoms with Crippen molar-refractivity contribution in [1.82, 2.24) is 9.78 Å². The smallest absolute Gasteiger partial charge is 0.0519 e. The number of aryl methyl sites for hydroxylation is 1. The average molecular weight is 265 g/mol. The van der Waals surface area contributed by atoms with E-state index in [1.165, 1.54) is 64.2 Å². The summed E-state index contributed by atoms with van der Waals surface area (Å²) in [5.41, 5.74) is 6.80. The molecule has 0 aliphatic heterocycles. The number of hydrogen-bond acceptors (Lipinski definition) is 2. The Morgan fingerprint density at radius 3 is 2.11 bits per heavy atom. The molecule has 1 aromatic rings. The van der Waals surface area contributed by atoms with Gasteiger partial charge in [0, 0.05) is 19.3 Å². The van der Waals surface area contributed by atoms with Crippen LogP contribution in [-0.2, 0) is 13.1 Å². The van der Waals surface area contributed by atoms with E-state index in [0.29, 0.717) is 6.54 Å². The minimum atomic E-state index is 0.595. The lowest BCUT2D eigenvalue weighted by atomic mass is 10.1. The van der Waals surface area contributed by atoms with Crippen molar-refractivity contribution < 1.29 is 0 Å². The van der Waals surface area contributed by atoms with E-state index in [4.69, 9.17) is 5.73 Å². The first-order valence-corrected chi connectivity index (χ1v) is 8.09. The van der Waals surface area contributed by atoms with Crippen molar-refractivity contribution in [3.05, 3.63) is 18.0 Å². The molecular weight excluding hydrogens is 234 g/mol. The first kappa shape index (κ1) is 16.2. The Kier molecular flexibility index (Phi) is 9.42. The molecule has 1 aromatic heterocycles. The van der Waals surface area contributed by atoms with Crippen LogP contribution in [0.3, 0.4) is 0 Å². The normalized spacial score (nSPS) is 11.1. The Balaban J connectivity index is 1.89. The number of nitrogens with zero attached hydrogens (tertiary/aromatic N) is 2. The van der Waals surface area contributed by atoms with Gasteiger partial charge in [-0.2, -0.15) is 5.10 Å². The Labute approximate surface area is 118 Å². The summed E-state index contributed by atoms with van der Waals surface area (Å²) in [5, 5.41) is 4.30. The molecule has 0 aliphatic rings. The third kappa shape index (κ3) is 7.36. The molecule has 1 heterocycles. The minimum absolute atomic E-state index is 0.595. The van der Waals surface area contributed by atoms with E-state index < -0.39 is 0 Å². The molecule has 0 amide bonds. The van der Waals surface area contributed by atoms with Crippen molar-refractivity contribution in [2.45, 2.75) is 84.2 Å². The summed E-state index contributed by atoms with van der Waals surface area (Å²) in [6, 6.07) is 2.01. The molecule has 2 N–H and O–H groups in total. The van der Waals surface area contributed by atoms with Gasteiger partial charge in [-0.25, -0.2) is 0 Å². The Morgan fingerprint density at radius 1 is 0.947 bits per heavy atom. The van der Waals surface area contributed by atoms with Gasteiger partial charge >= 0.3 is 0 Å². The van der Waals surface area contributed by atoms with Gasteiger partial charge in [0.15, 0.2) is 0 Å². The van der Waals surface area contributed by atoms with Gasteiger partial charge in [0.1, 0.15) is 0 Å². The molecule has 0 bridgehead atoms. The van der Waals surface area contributed by atoms with Crippen molar-refractivity contribution in [1.29, 1.82) is 0 Å². The van der Waals surface area contributed by atoms with Crippen LogP contribution in [0.1, 0.15) is 76.8 Å². The maximum absolute atomic E-state index is 5.65. The zero-order chi connectivity index (χ0) is 13.8. The molecule has 3 heteroatoms. The number of hydrogen-bond donors (Lipinski definition) is 1. The third-order valence-electron chi connectivity index (χ3n) is 3.74. The predicted octanol–water partition coefficient (Wildman–Crippen LogP) is 4.26. The van der Waals surface area contributed by atoms with Crippen LogP contribution in [0.2, 0.25) is 0 Å². The molecule has 3 nitrogen and oxygen atoms in total. The van der Waals surface area contributed by atoms with Gasteiger partial charge in [0.05, 0.1) is 5.69 Å². The highest BCUT2D eigenvalue weighted by molar-refractivity contribution is 4.99. The zero-order valence-corrected chi connectivity index (χ0v) is 12.6. The van der Waals surface area contributed by atoms with E-state index >= 15 is 0 Å². The second-order valence-corrected chi connectivity index (χ2v) is 5.43. The van der Waals surface area contributed by atoms with Crippen LogP contribution in [0.5, 0.6) is 0 Å². The third-order valence-corrected chi connectivity index (χ3v) is 3.74. The second-order valence-electron chi connectivity index (χ2n) is 5.43. The van der Waals surface area contributed by atoms with Crippen molar-refractivity contribution in [3.8, 4) is 0 Å². The van der Waals surface area contributed by atoms with E-state index in [1.54, 1.807) is 0 Å². The maximum Gasteiger partial charge on any atom is 0.0519 e. The fourth-order valence-electron chi connectivity index (χ4n) is 2.48. The molecule has 1 rings (SSSR count). The quantitative estimate of drug-likeness (QED) is 0.574. The van der Waals surface area contributed by atoms with Crippen molar-refractivity contribution in [2.75, 3.05) is 0 Å². The molecular formula is C16H31N3. The highest BCUT2D eigenvalue weighted by Crippen LogP contribution is 2.11. The van der Waals surface area contributed by atoms with Crippen LogP contribution in [-0.4, -0.2) is 9.78 Å². The molecule has 0 fully saturated rings. The van der Waals surface area contributed by atoms with E-state index in [9.17, 15) is 0 Å². The summed E-state index contributed by atoms with van der Waals surface area (Å²) in [5.74, 6) is 0. The largest absolute Gasteiger partial charge is 0.325 e. The van der Waals surface area contributed by atoms with Gasteiger partial charge in [0.2, 0.25) is 0 Å². The van der Waals surface area contributed by atoms with Crippen LogP contribution in [0.4, 0.5) is 0 Å². The molecule has 0 aromatic carbocycles. The molecule has 0 saturated carbocycles. The Morgan fingerprint density at radius 2 is 1.53 bits per heavy atom. The molecule has 0 saturated heterocycles. The first-order chi connectivity index (χ1) is 9.38. The maximum atomic E-state index is 5.65. The Hall–Kier alpha value is -0.830. The standard InChI is InChI=1S/C16H31N3/c1-2-3-4-5-6-7-8-9-10-11-14-19-16(15-17)12-13-18-19/h12-13H,2-11,14-15,17H2,1H3. The molecule has 0 unspecified atom stereocenters. The van der Waals surface area contributed by atoms with Crippen molar-refractivity contribution in [2.24, 2.45) is 5.73 Å². The molecule has 0 aliphatic carbocycles. The van der Waals surface area contributed by atoms with E-state index in [2.05, 4.69) is 12.0 Å². The van der Waals surface area contributed by atoms with Gasteiger partial charge < -0.3 is 5.73 Å². The monoisotopic (exact) mass is 265 g/mol. The van der Waals surface area contributed by atoms with E-state index in [0.717, 1.165) is 12.2 Å². The number of nitrogens with two attached hydrogens (primary N) is 1. The summed E-state index contributed by atoms with van der Waals surface area (Å²) in [4.78, 5) is 0. The van der Waals surface area contributed by atoms with Crippen LogP contribution in [0.25, 0.3) is 0 Å². The molecule has 110 valence electrons. The lowest BCUT2D eigenvalue weighted by molar-refractivity contribution is 0.505. The van der Waals surface area contributed by atoms with Crippen LogP contribution >= 0.6 is 0 Å². The summed E-state index contributed by atoms with van der Waals surface area (Å²) < 4.78 is 2.05. The van der Waals surface area contributed by atoms with Crippen molar-refractivity contribution >= 4 is 0 Å². The zero-order valence-electron chi connectivity index (χ0n) is 12.6. The topological polar surface area (TPSA) is 43.8 Å². The second kappa shape index (κ2) is 11.0. The number of rotatable bonds is 12. The summed E-state index contributed by atoms with van der Waals surface area (Å²) >= 11 is 0. The molecule has 0 spiro atoms. The highest BCUT2D eigenvalue weighted by Gasteiger charge is 1.99. The van der Waals surface area contributed by atoms with Crippen molar-refractivity contribution in [3.63, 3.8) is 0 Å². The molecule has 19 heavy (non-hydrogen) atoms. The lowest BCUT2D eigenvalue weighted by Crippen LogP contribution is -2.08. The van der Waals surface area contributed by atoms with Crippen LogP contribution < -0.4 is 5.73 Å². The van der Waals surface area contributed by atoms with Gasteiger partial charge in [-0.15, -0.1) is 0 Å². The fourth-order valence-corrected chi connectivity index (χ4v) is 2.48. The molecule has 0 atom stereocenters. The van der Waals surface area contributed by atoms with Crippen LogP contribution in [0, 0.1) is 0 Å². The SMILES string of the molecule is CCCCCCCCCCCCn1nccc1CN. The minimum Gasteiger partial charge on any atom is -0.325 e. The van der Waals surface area contributed by atoms with E-state index in [-0.39, 0.29) is 0 Å². The van der Waals surface area contributed by atoms with Crippen LogP contribution in [0.15, 0.2) is 12.3 Å². The summed E-state index contributed by atoms with van der Waals surface area (Å²) in [7, 11) is 0. The molecule has 0 radical (unpaired) electrons. The van der Waals surface area contributed by atoms with Gasteiger partial charge in [-0.05, 0) is 12.5 Å².